The van der Waals surface area contributed by atoms with E-state index in [9.17, 15) is 13.5 Å². The first-order valence-corrected chi connectivity index (χ1v) is 8.82. The number of aliphatic hydroxyl groups excluding tert-OH is 1. The lowest BCUT2D eigenvalue weighted by Crippen LogP contribution is -2.32. The summed E-state index contributed by atoms with van der Waals surface area (Å²) in [5.41, 5.74) is 7.82. The number of anilines is 1. The number of aryl methyl sites for hydroxylation is 1. The topological polar surface area (TPSA) is 92.4 Å². The van der Waals surface area contributed by atoms with Crippen LogP contribution in [-0.2, 0) is 10.0 Å². The number of hydrogen-bond acceptors (Lipinski definition) is 4. The molecular formula is C15H24N2O3S. The molecule has 0 saturated heterocycles. The van der Waals surface area contributed by atoms with Gasteiger partial charge in [-0.15, -0.1) is 0 Å². The fourth-order valence-electron chi connectivity index (χ4n) is 2.79. The third-order valence-electron chi connectivity index (χ3n) is 4.31. The standard InChI is InChI=1S/C15H24N2O3S/c1-10-7-13(16)8-15(11(10)2)21(19,20)17-9-12-3-5-14(18)6-4-12/h7-8,12,14,17-18H,3-6,9,16H2,1-2H3. The Balaban J connectivity index is 2.09. The molecule has 1 aliphatic carbocycles. The van der Waals surface area contributed by atoms with Gasteiger partial charge in [0.25, 0.3) is 0 Å². The summed E-state index contributed by atoms with van der Waals surface area (Å²) in [6.07, 6.45) is 3.00. The molecule has 0 amide bonds. The van der Waals surface area contributed by atoms with Crippen LogP contribution in [0, 0.1) is 19.8 Å². The fourth-order valence-corrected chi connectivity index (χ4v) is 4.25. The minimum Gasteiger partial charge on any atom is -0.399 e. The first kappa shape index (κ1) is 16.3. The molecule has 0 atom stereocenters. The van der Waals surface area contributed by atoms with E-state index in [2.05, 4.69) is 4.72 Å². The van der Waals surface area contributed by atoms with Crippen molar-refractivity contribution < 1.29 is 13.5 Å². The Hall–Kier alpha value is -1.11. The second-order valence-corrected chi connectivity index (χ2v) is 7.72. The zero-order chi connectivity index (χ0) is 15.6. The van der Waals surface area contributed by atoms with Crippen molar-refractivity contribution in [1.29, 1.82) is 0 Å². The van der Waals surface area contributed by atoms with Crippen LogP contribution >= 0.6 is 0 Å². The average Bonchev–Trinajstić information content (AvgIpc) is 2.42. The van der Waals surface area contributed by atoms with Gasteiger partial charge < -0.3 is 10.8 Å². The zero-order valence-electron chi connectivity index (χ0n) is 12.6. The van der Waals surface area contributed by atoms with E-state index in [4.69, 9.17) is 5.73 Å². The molecule has 0 aromatic heterocycles. The molecule has 1 aromatic rings. The zero-order valence-corrected chi connectivity index (χ0v) is 13.4. The summed E-state index contributed by atoms with van der Waals surface area (Å²) in [5.74, 6) is 0.297. The second kappa shape index (κ2) is 6.34. The van der Waals surface area contributed by atoms with E-state index >= 15 is 0 Å². The summed E-state index contributed by atoms with van der Waals surface area (Å²) < 4.78 is 27.6. The Morgan fingerprint density at radius 2 is 1.86 bits per heavy atom. The van der Waals surface area contributed by atoms with Crippen molar-refractivity contribution in [3.63, 3.8) is 0 Å². The largest absolute Gasteiger partial charge is 0.399 e. The minimum atomic E-state index is -3.54. The highest BCUT2D eigenvalue weighted by molar-refractivity contribution is 7.89. The molecule has 1 aromatic carbocycles. The van der Waals surface area contributed by atoms with Crippen molar-refractivity contribution in [3.05, 3.63) is 23.3 Å². The molecule has 0 unspecified atom stereocenters. The summed E-state index contributed by atoms with van der Waals surface area (Å²) in [6, 6.07) is 3.28. The summed E-state index contributed by atoms with van der Waals surface area (Å²) in [5, 5.41) is 9.48. The molecular weight excluding hydrogens is 288 g/mol. The average molecular weight is 312 g/mol. The number of benzene rings is 1. The van der Waals surface area contributed by atoms with Crippen LogP contribution in [-0.4, -0.2) is 26.2 Å². The fraction of sp³-hybridized carbons (Fsp3) is 0.600. The Kier molecular flexibility index (Phi) is 4.91. The Morgan fingerprint density at radius 1 is 1.24 bits per heavy atom. The molecule has 1 aliphatic rings. The smallest absolute Gasteiger partial charge is 0.240 e. The molecule has 0 spiro atoms. The van der Waals surface area contributed by atoms with Gasteiger partial charge in [0.1, 0.15) is 0 Å². The van der Waals surface area contributed by atoms with E-state index in [0.717, 1.165) is 36.8 Å². The van der Waals surface area contributed by atoms with Crippen LogP contribution in [0.2, 0.25) is 0 Å². The maximum absolute atomic E-state index is 12.4. The van der Waals surface area contributed by atoms with E-state index in [1.54, 1.807) is 13.0 Å². The molecule has 0 radical (unpaired) electrons. The lowest BCUT2D eigenvalue weighted by atomic mass is 9.88. The van der Waals surface area contributed by atoms with Crippen LogP contribution < -0.4 is 10.5 Å². The molecule has 118 valence electrons. The molecule has 0 heterocycles. The van der Waals surface area contributed by atoms with Gasteiger partial charge in [0.05, 0.1) is 11.0 Å². The predicted molar refractivity (Wildman–Crippen MR) is 83.5 cm³/mol. The maximum Gasteiger partial charge on any atom is 0.240 e. The predicted octanol–water partition coefficient (Wildman–Crippen LogP) is 1.72. The van der Waals surface area contributed by atoms with Gasteiger partial charge in [-0.1, -0.05) is 0 Å². The third kappa shape index (κ3) is 3.96. The van der Waals surface area contributed by atoms with Gasteiger partial charge in [-0.25, -0.2) is 13.1 Å². The molecule has 1 saturated carbocycles. The molecule has 21 heavy (non-hydrogen) atoms. The molecule has 0 aliphatic heterocycles. The van der Waals surface area contributed by atoms with Crippen LogP contribution in [0.25, 0.3) is 0 Å². The van der Waals surface area contributed by atoms with Gasteiger partial charge >= 0.3 is 0 Å². The van der Waals surface area contributed by atoms with Crippen molar-refractivity contribution in [3.8, 4) is 0 Å². The number of rotatable bonds is 4. The van der Waals surface area contributed by atoms with Crippen LogP contribution in [0.5, 0.6) is 0 Å². The van der Waals surface area contributed by atoms with Crippen LogP contribution in [0.4, 0.5) is 5.69 Å². The third-order valence-corrected chi connectivity index (χ3v) is 5.86. The molecule has 6 heteroatoms. The van der Waals surface area contributed by atoms with Crippen LogP contribution in [0.1, 0.15) is 36.8 Å². The van der Waals surface area contributed by atoms with Crippen molar-refractivity contribution in [2.24, 2.45) is 5.92 Å². The molecule has 0 bridgehead atoms. The quantitative estimate of drug-likeness (QED) is 0.738. The lowest BCUT2D eigenvalue weighted by molar-refractivity contribution is 0.109. The van der Waals surface area contributed by atoms with Crippen molar-refractivity contribution in [2.45, 2.75) is 50.5 Å². The van der Waals surface area contributed by atoms with Gasteiger partial charge in [-0.2, -0.15) is 0 Å². The van der Waals surface area contributed by atoms with Gasteiger partial charge in [-0.05, 0) is 68.7 Å². The monoisotopic (exact) mass is 312 g/mol. The number of nitrogens with one attached hydrogen (secondary N) is 1. The van der Waals surface area contributed by atoms with E-state index in [-0.39, 0.29) is 11.0 Å². The first-order valence-electron chi connectivity index (χ1n) is 7.34. The highest BCUT2D eigenvalue weighted by atomic mass is 32.2. The molecule has 2 rings (SSSR count). The maximum atomic E-state index is 12.4. The second-order valence-electron chi connectivity index (χ2n) is 5.99. The van der Waals surface area contributed by atoms with Crippen LogP contribution in [0.15, 0.2) is 17.0 Å². The summed E-state index contributed by atoms with van der Waals surface area (Å²) >= 11 is 0. The summed E-state index contributed by atoms with van der Waals surface area (Å²) in [7, 11) is -3.54. The first-order chi connectivity index (χ1) is 9.79. The van der Waals surface area contributed by atoms with E-state index < -0.39 is 10.0 Å². The minimum absolute atomic E-state index is 0.225. The molecule has 5 nitrogen and oxygen atoms in total. The van der Waals surface area contributed by atoms with E-state index in [1.165, 1.54) is 6.07 Å². The van der Waals surface area contributed by atoms with Gasteiger partial charge in [0, 0.05) is 12.2 Å². The van der Waals surface area contributed by atoms with Crippen molar-refractivity contribution in [1.82, 2.24) is 4.72 Å². The Morgan fingerprint density at radius 3 is 2.48 bits per heavy atom. The van der Waals surface area contributed by atoms with Crippen molar-refractivity contribution >= 4 is 15.7 Å². The van der Waals surface area contributed by atoms with Gasteiger partial charge in [0.2, 0.25) is 10.0 Å². The number of aliphatic hydroxyl groups is 1. The summed E-state index contributed by atoms with van der Waals surface area (Å²) in [4.78, 5) is 0.260. The SMILES string of the molecule is Cc1cc(N)cc(S(=O)(=O)NCC2CCC(O)CC2)c1C. The van der Waals surface area contributed by atoms with E-state index in [0.29, 0.717) is 18.2 Å². The van der Waals surface area contributed by atoms with E-state index in [1.807, 2.05) is 6.92 Å². The highest BCUT2D eigenvalue weighted by Crippen LogP contribution is 2.25. The Labute approximate surface area is 126 Å². The number of nitrogens with two attached hydrogens (primary N) is 1. The molecule has 4 N–H and O–H groups in total. The van der Waals surface area contributed by atoms with Gasteiger partial charge in [0.15, 0.2) is 0 Å². The number of nitrogen functional groups attached to an aromatic ring is 1. The molecule has 1 fully saturated rings. The lowest BCUT2D eigenvalue weighted by Gasteiger charge is -2.25. The summed E-state index contributed by atoms with van der Waals surface area (Å²) in [6.45, 7) is 4.07. The number of hydrogen-bond donors (Lipinski definition) is 3. The number of sulfonamides is 1. The van der Waals surface area contributed by atoms with Crippen LogP contribution in [0.3, 0.4) is 0 Å². The van der Waals surface area contributed by atoms with Crippen molar-refractivity contribution in [2.75, 3.05) is 12.3 Å². The highest BCUT2D eigenvalue weighted by Gasteiger charge is 2.23. The van der Waals surface area contributed by atoms with Gasteiger partial charge in [-0.3, -0.25) is 0 Å². The normalized spacial score (nSPS) is 23.2. The Bertz CT molecular complexity index is 606.